The molecule has 1 aliphatic rings. The molecule has 0 saturated carbocycles. The predicted molar refractivity (Wildman–Crippen MR) is 180 cm³/mol. The van der Waals surface area contributed by atoms with Gasteiger partial charge >= 0.3 is 12.0 Å². The Balaban J connectivity index is 1.40. The van der Waals surface area contributed by atoms with Crippen LogP contribution in [0.3, 0.4) is 0 Å². The molecule has 1 heterocycles. The average molecular weight is 745 g/mol. The molecule has 2 atom stereocenters. The fourth-order valence-corrected chi connectivity index (χ4v) is 5.40. The van der Waals surface area contributed by atoms with Gasteiger partial charge in [-0.1, -0.05) is 36.4 Å². The standard InChI is InChI=1S/C33H37IN4O8/c1-5-43-26-16-23(30-29(32(40)42-4)20(3)36-33(41)37-30)12-13-25(26)45-19-28(39)38-35-17-22-14-24(34)31(27(15-22)44-6-2)46-18-21-10-8-7-9-11-21/h7-17,28,30,38-39H,5-6,18-19H2,1-4H3,(H2,36,37,41)/b35-17+/t28-,30-/m1/s1. The number of nitrogens with zero attached hydrogens (tertiary/aromatic N) is 1. The lowest BCUT2D eigenvalue weighted by atomic mass is 9.95. The van der Waals surface area contributed by atoms with Crippen molar-refractivity contribution in [3.63, 3.8) is 0 Å². The molecule has 0 unspecified atom stereocenters. The van der Waals surface area contributed by atoms with Gasteiger partial charge in [0, 0.05) is 5.70 Å². The van der Waals surface area contributed by atoms with E-state index in [1.165, 1.54) is 7.11 Å². The maximum absolute atomic E-state index is 12.5. The van der Waals surface area contributed by atoms with Crippen LogP contribution in [0.2, 0.25) is 0 Å². The first-order valence-corrected chi connectivity index (χ1v) is 15.7. The lowest BCUT2D eigenvalue weighted by Gasteiger charge is -2.28. The van der Waals surface area contributed by atoms with Gasteiger partial charge in [-0.3, -0.25) is 5.43 Å². The maximum Gasteiger partial charge on any atom is 0.337 e. The Morgan fingerprint density at radius 3 is 2.48 bits per heavy atom. The Hall–Kier alpha value is -4.50. The van der Waals surface area contributed by atoms with Crippen LogP contribution < -0.4 is 35.0 Å². The monoisotopic (exact) mass is 744 g/mol. The molecule has 2 amide bonds. The van der Waals surface area contributed by atoms with Crippen molar-refractivity contribution in [1.82, 2.24) is 16.1 Å². The van der Waals surface area contributed by atoms with Crippen LogP contribution in [0.5, 0.6) is 23.0 Å². The summed E-state index contributed by atoms with van der Waals surface area (Å²) in [6.07, 6.45) is 0.418. The van der Waals surface area contributed by atoms with E-state index in [-0.39, 0.29) is 12.2 Å². The normalized spacial score (nSPS) is 15.1. The highest BCUT2D eigenvalue weighted by Crippen LogP contribution is 2.36. The molecule has 0 bridgehead atoms. The van der Waals surface area contributed by atoms with Crippen LogP contribution in [-0.2, 0) is 16.1 Å². The summed E-state index contributed by atoms with van der Waals surface area (Å²) in [4.78, 5) is 24.6. The molecule has 0 radical (unpaired) electrons. The summed E-state index contributed by atoms with van der Waals surface area (Å²) < 4.78 is 29.3. The van der Waals surface area contributed by atoms with E-state index in [9.17, 15) is 14.7 Å². The number of amides is 2. The molecule has 4 rings (SSSR count). The van der Waals surface area contributed by atoms with Crippen LogP contribution in [0.15, 0.2) is 77.0 Å². The van der Waals surface area contributed by atoms with Gasteiger partial charge in [0.1, 0.15) is 13.2 Å². The fourth-order valence-electron chi connectivity index (χ4n) is 4.62. The topological polar surface area (TPSA) is 149 Å². The van der Waals surface area contributed by atoms with Crippen molar-refractivity contribution in [2.75, 3.05) is 26.9 Å². The molecule has 0 saturated heterocycles. The van der Waals surface area contributed by atoms with Gasteiger partial charge in [-0.25, -0.2) is 9.59 Å². The fraction of sp³-hybridized carbons (Fsp3) is 0.303. The van der Waals surface area contributed by atoms with Crippen molar-refractivity contribution in [2.24, 2.45) is 5.10 Å². The van der Waals surface area contributed by atoms with Gasteiger partial charge in [0.05, 0.1) is 41.7 Å². The number of aliphatic hydroxyl groups is 1. The first-order valence-electron chi connectivity index (χ1n) is 14.6. The number of benzene rings is 3. The zero-order chi connectivity index (χ0) is 33.1. The molecule has 3 aromatic carbocycles. The first kappa shape index (κ1) is 34.4. The number of carbonyl (C=O) groups is 2. The molecule has 1 aliphatic heterocycles. The van der Waals surface area contributed by atoms with E-state index in [4.69, 9.17) is 23.7 Å². The van der Waals surface area contributed by atoms with E-state index in [0.29, 0.717) is 54.1 Å². The summed E-state index contributed by atoms with van der Waals surface area (Å²) in [5.41, 5.74) is 5.70. The Labute approximate surface area is 281 Å². The number of aliphatic hydroxyl groups excluding tert-OH is 1. The number of allylic oxidation sites excluding steroid dienone is 1. The van der Waals surface area contributed by atoms with E-state index >= 15 is 0 Å². The van der Waals surface area contributed by atoms with Crippen molar-refractivity contribution in [1.29, 1.82) is 0 Å². The van der Waals surface area contributed by atoms with Crippen LogP contribution in [0, 0.1) is 3.57 Å². The van der Waals surface area contributed by atoms with Crippen molar-refractivity contribution >= 4 is 40.8 Å². The molecule has 0 aliphatic carbocycles. The number of nitrogens with one attached hydrogen (secondary N) is 3. The zero-order valence-corrected chi connectivity index (χ0v) is 28.1. The minimum absolute atomic E-state index is 0.152. The summed E-state index contributed by atoms with van der Waals surface area (Å²) in [7, 11) is 1.28. The summed E-state index contributed by atoms with van der Waals surface area (Å²) in [6.45, 7) is 6.41. The molecule has 3 aromatic rings. The highest BCUT2D eigenvalue weighted by molar-refractivity contribution is 14.1. The third-order valence-electron chi connectivity index (χ3n) is 6.67. The van der Waals surface area contributed by atoms with E-state index in [1.807, 2.05) is 56.3 Å². The Morgan fingerprint density at radius 1 is 1.02 bits per heavy atom. The second-order valence-electron chi connectivity index (χ2n) is 9.95. The second kappa shape index (κ2) is 16.7. The van der Waals surface area contributed by atoms with Crippen molar-refractivity contribution < 1.29 is 38.4 Å². The number of carbonyl (C=O) groups excluding carboxylic acids is 2. The zero-order valence-electron chi connectivity index (χ0n) is 26.0. The highest BCUT2D eigenvalue weighted by atomic mass is 127. The predicted octanol–water partition coefficient (Wildman–Crippen LogP) is 4.79. The number of methoxy groups -OCH3 is 1. The molecule has 12 nitrogen and oxygen atoms in total. The van der Waals surface area contributed by atoms with Gasteiger partial charge in [-0.05, 0) is 84.3 Å². The SMILES string of the molecule is CCOc1cc([C@H]2NC(=O)NC(C)=C2C(=O)OC)ccc1OC[C@@H](O)N/N=C/c1cc(I)c(OCc2ccccc2)c(OCC)c1. The molecule has 13 heteroatoms. The number of hydrazone groups is 1. The van der Waals surface area contributed by atoms with Crippen LogP contribution >= 0.6 is 22.6 Å². The number of halogens is 1. The largest absolute Gasteiger partial charge is 0.490 e. The Kier molecular flexibility index (Phi) is 12.5. The first-order chi connectivity index (χ1) is 22.2. The third kappa shape index (κ3) is 9.03. The van der Waals surface area contributed by atoms with E-state index in [1.54, 1.807) is 31.3 Å². The van der Waals surface area contributed by atoms with Crippen molar-refractivity contribution in [3.05, 3.63) is 92.2 Å². The number of esters is 1. The van der Waals surface area contributed by atoms with Crippen LogP contribution in [0.4, 0.5) is 4.79 Å². The number of hydrogen-bond acceptors (Lipinski definition) is 10. The minimum Gasteiger partial charge on any atom is -0.490 e. The number of hydrogen-bond donors (Lipinski definition) is 4. The van der Waals surface area contributed by atoms with Crippen molar-refractivity contribution in [2.45, 2.75) is 39.6 Å². The van der Waals surface area contributed by atoms with Gasteiger partial charge < -0.3 is 39.4 Å². The van der Waals surface area contributed by atoms with Gasteiger partial charge in [0.25, 0.3) is 0 Å². The molecular weight excluding hydrogens is 707 g/mol. The number of urea groups is 1. The van der Waals surface area contributed by atoms with E-state index in [2.05, 4.69) is 43.8 Å². The molecule has 0 spiro atoms. The van der Waals surface area contributed by atoms with Gasteiger partial charge in [0.2, 0.25) is 0 Å². The Bertz CT molecular complexity index is 1580. The van der Waals surface area contributed by atoms with Crippen molar-refractivity contribution in [3.8, 4) is 23.0 Å². The number of rotatable bonds is 15. The maximum atomic E-state index is 12.5. The lowest BCUT2D eigenvalue weighted by Crippen LogP contribution is -2.45. The van der Waals surface area contributed by atoms with E-state index < -0.39 is 24.3 Å². The summed E-state index contributed by atoms with van der Waals surface area (Å²) in [5, 5.41) is 20.0. The summed E-state index contributed by atoms with van der Waals surface area (Å²) in [6, 6.07) is 17.4. The highest BCUT2D eigenvalue weighted by Gasteiger charge is 2.32. The third-order valence-corrected chi connectivity index (χ3v) is 7.47. The summed E-state index contributed by atoms with van der Waals surface area (Å²) >= 11 is 2.20. The van der Waals surface area contributed by atoms with Crippen LogP contribution in [0.25, 0.3) is 0 Å². The molecular formula is C33H37IN4O8. The van der Waals surface area contributed by atoms with Crippen LogP contribution in [0.1, 0.15) is 43.5 Å². The molecule has 4 N–H and O–H groups in total. The van der Waals surface area contributed by atoms with E-state index in [0.717, 1.165) is 14.7 Å². The molecule has 244 valence electrons. The molecule has 46 heavy (non-hydrogen) atoms. The van der Waals surface area contributed by atoms with Gasteiger partial charge in [0.15, 0.2) is 29.2 Å². The Morgan fingerprint density at radius 2 is 1.76 bits per heavy atom. The number of ether oxygens (including phenoxy) is 5. The lowest BCUT2D eigenvalue weighted by molar-refractivity contribution is -0.136. The molecule has 0 fully saturated rings. The molecule has 0 aromatic heterocycles. The quantitative estimate of drug-likeness (QED) is 0.0567. The van der Waals surface area contributed by atoms with Crippen LogP contribution in [-0.4, -0.2) is 56.5 Å². The van der Waals surface area contributed by atoms with Gasteiger partial charge in [-0.15, -0.1) is 0 Å². The average Bonchev–Trinajstić information content (AvgIpc) is 3.04. The second-order valence-corrected chi connectivity index (χ2v) is 11.1. The summed E-state index contributed by atoms with van der Waals surface area (Å²) in [5.74, 6) is 1.40. The smallest absolute Gasteiger partial charge is 0.337 e. The van der Waals surface area contributed by atoms with Gasteiger partial charge in [-0.2, -0.15) is 5.10 Å². The minimum atomic E-state index is -1.15.